The van der Waals surface area contributed by atoms with Crippen LogP contribution in [-0.2, 0) is 4.74 Å². The van der Waals surface area contributed by atoms with Crippen molar-refractivity contribution in [1.82, 2.24) is 0 Å². The summed E-state index contributed by atoms with van der Waals surface area (Å²) < 4.78 is 6.05. The normalized spacial score (nSPS) is 18.0. The summed E-state index contributed by atoms with van der Waals surface area (Å²) in [4.78, 5) is 25.1. The molecule has 104 valence electrons. The molecule has 5 rings (SSSR count). The van der Waals surface area contributed by atoms with Crippen molar-refractivity contribution in [3.05, 3.63) is 81.9 Å². The molecule has 0 fully saturated rings. The lowest BCUT2D eigenvalue weighted by atomic mass is 9.98. The van der Waals surface area contributed by atoms with Crippen LogP contribution in [0.1, 0.15) is 38.3 Å². The van der Waals surface area contributed by atoms with Gasteiger partial charge in [0.15, 0.2) is 11.6 Å². The third-order valence-corrected chi connectivity index (χ3v) is 4.49. The molecule has 0 saturated carbocycles. The Bertz CT molecular complexity index is 883. The molecule has 0 spiro atoms. The van der Waals surface area contributed by atoms with Crippen LogP contribution in [0.15, 0.2) is 59.7 Å². The quantitative estimate of drug-likeness (QED) is 0.743. The van der Waals surface area contributed by atoms with Gasteiger partial charge in [0.25, 0.3) is 0 Å². The van der Waals surface area contributed by atoms with E-state index in [1.165, 1.54) is 0 Å². The van der Waals surface area contributed by atoms with Gasteiger partial charge in [-0.1, -0.05) is 48.5 Å². The van der Waals surface area contributed by atoms with E-state index in [1.807, 2.05) is 36.4 Å². The molecule has 3 aliphatic rings. The molecular formula is C19H10O3. The van der Waals surface area contributed by atoms with Crippen molar-refractivity contribution < 1.29 is 14.3 Å². The molecule has 2 aliphatic carbocycles. The number of Topliss-reactive ketones (excluding diaryl/α,β-unsaturated/α-hetero) is 2. The highest BCUT2D eigenvalue weighted by Gasteiger charge is 2.41. The van der Waals surface area contributed by atoms with Crippen molar-refractivity contribution in [1.29, 1.82) is 0 Å². The van der Waals surface area contributed by atoms with Gasteiger partial charge in [-0.05, 0) is 0 Å². The summed E-state index contributed by atoms with van der Waals surface area (Å²) in [6.07, 6.45) is 0.353. The summed E-state index contributed by atoms with van der Waals surface area (Å²) in [5.74, 6) is 1.18. The summed E-state index contributed by atoms with van der Waals surface area (Å²) in [5, 5.41) is 0. The van der Waals surface area contributed by atoms with E-state index in [0.29, 0.717) is 40.2 Å². The molecule has 1 aliphatic heterocycles. The monoisotopic (exact) mass is 286 g/mol. The zero-order valence-corrected chi connectivity index (χ0v) is 11.6. The predicted molar refractivity (Wildman–Crippen MR) is 81.1 cm³/mol. The molecule has 0 unspecified atom stereocenters. The van der Waals surface area contributed by atoms with E-state index >= 15 is 0 Å². The second-order valence-electron chi connectivity index (χ2n) is 5.64. The first-order valence-corrected chi connectivity index (χ1v) is 7.18. The van der Waals surface area contributed by atoms with Crippen LogP contribution < -0.4 is 0 Å². The maximum absolute atomic E-state index is 12.5. The van der Waals surface area contributed by atoms with Crippen LogP contribution in [0.25, 0.3) is 11.5 Å². The summed E-state index contributed by atoms with van der Waals surface area (Å²) >= 11 is 0. The highest BCUT2D eigenvalue weighted by atomic mass is 16.5. The maximum atomic E-state index is 12.5. The number of hydrogen-bond acceptors (Lipinski definition) is 3. The van der Waals surface area contributed by atoms with E-state index in [4.69, 9.17) is 4.74 Å². The molecule has 0 aromatic heterocycles. The summed E-state index contributed by atoms with van der Waals surface area (Å²) in [6.45, 7) is 0. The third-order valence-electron chi connectivity index (χ3n) is 4.49. The molecule has 1 heterocycles. The zero-order valence-electron chi connectivity index (χ0n) is 11.6. The summed E-state index contributed by atoms with van der Waals surface area (Å²) in [6, 6.07) is 14.9. The van der Waals surface area contributed by atoms with E-state index in [2.05, 4.69) is 0 Å². The summed E-state index contributed by atoms with van der Waals surface area (Å²) in [5.41, 5.74) is 4.17. The molecule has 0 N–H and O–H groups in total. The fraction of sp³-hybridized carbons (Fsp3) is 0.0526. The topological polar surface area (TPSA) is 43.4 Å². The van der Waals surface area contributed by atoms with E-state index in [0.717, 1.165) is 11.1 Å². The van der Waals surface area contributed by atoms with Crippen molar-refractivity contribution in [2.75, 3.05) is 0 Å². The van der Waals surface area contributed by atoms with Crippen LogP contribution in [0.5, 0.6) is 0 Å². The minimum atomic E-state index is -0.0269. The number of carbonyl (C=O) groups is 2. The number of hydrogen-bond donors (Lipinski definition) is 0. The van der Waals surface area contributed by atoms with Crippen LogP contribution in [0.3, 0.4) is 0 Å². The second kappa shape index (κ2) is 3.83. The molecule has 0 saturated heterocycles. The van der Waals surface area contributed by atoms with Gasteiger partial charge in [-0.3, -0.25) is 9.59 Å². The van der Waals surface area contributed by atoms with E-state index < -0.39 is 0 Å². The maximum Gasteiger partial charge on any atom is 0.193 e. The van der Waals surface area contributed by atoms with Crippen LogP contribution in [0.4, 0.5) is 0 Å². The van der Waals surface area contributed by atoms with Gasteiger partial charge in [0, 0.05) is 39.8 Å². The molecular weight excluding hydrogens is 276 g/mol. The largest absolute Gasteiger partial charge is 0.455 e. The Morgan fingerprint density at radius 1 is 0.636 bits per heavy atom. The lowest BCUT2D eigenvalue weighted by molar-refractivity contribution is 0.102. The second-order valence-corrected chi connectivity index (χ2v) is 5.64. The van der Waals surface area contributed by atoms with Gasteiger partial charge in [-0.15, -0.1) is 0 Å². The molecule has 2 aromatic carbocycles. The highest BCUT2D eigenvalue weighted by Crippen LogP contribution is 2.48. The summed E-state index contributed by atoms with van der Waals surface area (Å²) in [7, 11) is 0. The molecule has 0 amide bonds. The van der Waals surface area contributed by atoms with Crippen molar-refractivity contribution in [3.8, 4) is 0 Å². The number of carbonyl (C=O) groups excluding carboxylic acids is 2. The zero-order chi connectivity index (χ0) is 14.8. The predicted octanol–water partition coefficient (Wildman–Crippen LogP) is 3.62. The number of fused-ring (bicyclic) bond motifs is 4. The van der Waals surface area contributed by atoms with Gasteiger partial charge in [0.1, 0.15) is 11.5 Å². The molecule has 0 bridgehead atoms. The van der Waals surface area contributed by atoms with Crippen molar-refractivity contribution in [3.63, 3.8) is 0 Å². The fourth-order valence-electron chi connectivity index (χ4n) is 3.45. The molecule has 2 aromatic rings. The SMILES string of the molecule is O=C1C2=C(OC3=C(C2)C(=O)c2ccccc23)c2ccccc21. The van der Waals surface area contributed by atoms with Crippen LogP contribution >= 0.6 is 0 Å². The van der Waals surface area contributed by atoms with Crippen molar-refractivity contribution >= 4 is 23.1 Å². The van der Waals surface area contributed by atoms with Crippen LogP contribution in [0.2, 0.25) is 0 Å². The molecule has 3 nitrogen and oxygen atoms in total. The molecule has 22 heavy (non-hydrogen) atoms. The lowest BCUT2D eigenvalue weighted by Crippen LogP contribution is -2.08. The Kier molecular flexibility index (Phi) is 2.03. The standard InChI is InChI=1S/C19H10O3/c20-16-10-5-1-3-7-12(10)18-14(16)9-15-17(21)11-6-2-4-8-13(11)19(15)22-18/h1-8H,9H2. The minimum absolute atomic E-state index is 0.0269. The minimum Gasteiger partial charge on any atom is -0.455 e. The Morgan fingerprint density at radius 2 is 1.05 bits per heavy atom. The molecule has 3 heteroatoms. The van der Waals surface area contributed by atoms with E-state index in [9.17, 15) is 9.59 Å². The van der Waals surface area contributed by atoms with Gasteiger partial charge < -0.3 is 4.74 Å². The first-order chi connectivity index (χ1) is 10.8. The van der Waals surface area contributed by atoms with Gasteiger partial charge >= 0.3 is 0 Å². The van der Waals surface area contributed by atoms with Gasteiger partial charge in [-0.2, -0.15) is 0 Å². The van der Waals surface area contributed by atoms with Crippen LogP contribution in [0, 0.1) is 0 Å². The average molecular weight is 286 g/mol. The third kappa shape index (κ3) is 1.26. The number of allylic oxidation sites excluding steroid dienone is 2. The van der Waals surface area contributed by atoms with E-state index in [1.54, 1.807) is 12.1 Å². The number of ketones is 2. The Labute approximate surface area is 126 Å². The van der Waals surface area contributed by atoms with Gasteiger partial charge in [0.2, 0.25) is 0 Å². The first kappa shape index (κ1) is 11.7. The highest BCUT2D eigenvalue weighted by molar-refractivity contribution is 6.26. The number of rotatable bonds is 0. The van der Waals surface area contributed by atoms with E-state index in [-0.39, 0.29) is 11.6 Å². The van der Waals surface area contributed by atoms with Gasteiger partial charge in [0.05, 0.1) is 0 Å². The van der Waals surface area contributed by atoms with Crippen molar-refractivity contribution in [2.45, 2.75) is 6.42 Å². The Hall–Kier alpha value is -2.94. The number of benzene rings is 2. The Morgan fingerprint density at radius 3 is 1.50 bits per heavy atom. The Balaban J connectivity index is 1.68. The average Bonchev–Trinajstić information content (AvgIpc) is 3.01. The van der Waals surface area contributed by atoms with Gasteiger partial charge in [-0.25, -0.2) is 0 Å². The van der Waals surface area contributed by atoms with Crippen LogP contribution in [-0.4, -0.2) is 11.6 Å². The smallest absolute Gasteiger partial charge is 0.193 e. The number of ether oxygens (including phenoxy) is 1. The van der Waals surface area contributed by atoms with Crippen molar-refractivity contribution in [2.24, 2.45) is 0 Å². The first-order valence-electron chi connectivity index (χ1n) is 7.18. The molecule has 0 radical (unpaired) electrons. The fourth-order valence-corrected chi connectivity index (χ4v) is 3.45. The molecule has 0 atom stereocenters. The lowest BCUT2D eigenvalue weighted by Gasteiger charge is -2.17.